The van der Waals surface area contributed by atoms with Crippen molar-refractivity contribution in [1.29, 1.82) is 0 Å². The van der Waals surface area contributed by atoms with E-state index in [2.05, 4.69) is 43.2 Å². The van der Waals surface area contributed by atoms with Gasteiger partial charge in [-0.1, -0.05) is 38.1 Å². The lowest BCUT2D eigenvalue weighted by Gasteiger charge is -2.33. The lowest BCUT2D eigenvalue weighted by Crippen LogP contribution is -2.40. The molecule has 6 nitrogen and oxygen atoms in total. The summed E-state index contributed by atoms with van der Waals surface area (Å²) >= 11 is 0. The molecule has 2 aromatic rings. The summed E-state index contributed by atoms with van der Waals surface area (Å²) in [6, 6.07) is 8.89. The van der Waals surface area contributed by atoms with E-state index < -0.39 is 5.97 Å². The summed E-state index contributed by atoms with van der Waals surface area (Å²) in [6.07, 6.45) is 4.00. The maximum absolute atomic E-state index is 12.9. The van der Waals surface area contributed by atoms with Gasteiger partial charge in [-0.05, 0) is 49.1 Å². The molecule has 1 saturated carbocycles. The van der Waals surface area contributed by atoms with E-state index in [0.717, 1.165) is 19.3 Å². The summed E-state index contributed by atoms with van der Waals surface area (Å²) in [6.45, 7) is 7.60. The van der Waals surface area contributed by atoms with Crippen LogP contribution in [-0.2, 0) is 4.79 Å². The molecule has 0 radical (unpaired) electrons. The second-order valence-corrected chi connectivity index (χ2v) is 8.72. The van der Waals surface area contributed by atoms with Crippen LogP contribution in [0.5, 0.6) is 0 Å². The van der Waals surface area contributed by atoms with E-state index in [0.29, 0.717) is 30.6 Å². The Morgan fingerprint density at radius 3 is 2.34 bits per heavy atom. The Balaban J connectivity index is 1.33. The molecule has 2 aliphatic rings. The minimum absolute atomic E-state index is 0.113. The van der Waals surface area contributed by atoms with Crippen molar-refractivity contribution in [2.45, 2.75) is 57.9 Å². The second kappa shape index (κ2) is 7.65. The molecule has 2 fully saturated rings. The van der Waals surface area contributed by atoms with Crippen LogP contribution in [0.25, 0.3) is 0 Å². The lowest BCUT2D eigenvalue weighted by atomic mass is 9.99. The Bertz CT molecular complexity index is 908. The normalized spacial score (nSPS) is 22.1. The first-order chi connectivity index (χ1) is 13.9. The second-order valence-electron chi connectivity index (χ2n) is 8.72. The fourth-order valence-electron chi connectivity index (χ4n) is 4.53. The zero-order valence-electron chi connectivity index (χ0n) is 17.3. The maximum Gasteiger partial charge on any atom is 0.339 e. The van der Waals surface area contributed by atoms with Gasteiger partial charge >= 0.3 is 5.97 Å². The van der Waals surface area contributed by atoms with E-state index in [4.69, 9.17) is 0 Å². The Kier molecular flexibility index (Phi) is 5.19. The first kappa shape index (κ1) is 19.7. The van der Waals surface area contributed by atoms with Crippen LogP contribution < -0.4 is 0 Å². The highest BCUT2D eigenvalue weighted by atomic mass is 16.4. The van der Waals surface area contributed by atoms with Gasteiger partial charge in [0.05, 0.1) is 17.9 Å². The molecule has 1 aliphatic heterocycles. The summed E-state index contributed by atoms with van der Waals surface area (Å²) in [4.78, 5) is 26.2. The molecule has 1 aliphatic carbocycles. The van der Waals surface area contributed by atoms with E-state index in [-0.39, 0.29) is 23.4 Å². The molecule has 4 rings (SSSR count). The number of amides is 1. The fraction of sp³-hybridized carbons (Fsp3) is 0.522. The number of carbonyl (C=O) groups excluding carboxylic acids is 1. The van der Waals surface area contributed by atoms with E-state index in [1.165, 1.54) is 17.3 Å². The molecule has 1 aromatic heterocycles. The number of carboxylic acids is 1. The van der Waals surface area contributed by atoms with Crippen LogP contribution in [0.15, 0.2) is 30.5 Å². The monoisotopic (exact) mass is 395 g/mol. The summed E-state index contributed by atoms with van der Waals surface area (Å²) < 4.78 is 1.82. The summed E-state index contributed by atoms with van der Waals surface area (Å²) in [7, 11) is 0. The lowest BCUT2D eigenvalue weighted by molar-refractivity contribution is -0.134. The van der Waals surface area contributed by atoms with Gasteiger partial charge in [-0.2, -0.15) is 5.10 Å². The number of benzene rings is 1. The van der Waals surface area contributed by atoms with Crippen LogP contribution in [-0.4, -0.2) is 44.8 Å². The largest absolute Gasteiger partial charge is 0.478 e. The van der Waals surface area contributed by atoms with Crippen molar-refractivity contribution >= 4 is 11.9 Å². The number of likely N-dealkylation sites (tertiary alicyclic amines) is 1. The average Bonchev–Trinajstić information content (AvgIpc) is 3.42. The van der Waals surface area contributed by atoms with Crippen LogP contribution in [0.1, 0.15) is 78.2 Å². The predicted octanol–water partition coefficient (Wildman–Crippen LogP) is 3.98. The van der Waals surface area contributed by atoms with Crippen molar-refractivity contribution in [1.82, 2.24) is 14.7 Å². The number of hydrogen-bond acceptors (Lipinski definition) is 3. The molecule has 29 heavy (non-hydrogen) atoms. The minimum Gasteiger partial charge on any atom is -0.478 e. The van der Waals surface area contributed by atoms with Gasteiger partial charge in [0.25, 0.3) is 0 Å². The Labute approximate surface area is 171 Å². The van der Waals surface area contributed by atoms with Crippen molar-refractivity contribution < 1.29 is 14.7 Å². The quantitative estimate of drug-likeness (QED) is 0.831. The summed E-state index contributed by atoms with van der Waals surface area (Å²) in [5.74, 6) is 0.314. The smallest absolute Gasteiger partial charge is 0.339 e. The van der Waals surface area contributed by atoms with Gasteiger partial charge in [0.2, 0.25) is 5.91 Å². The molecule has 1 amide bonds. The zero-order chi connectivity index (χ0) is 20.7. The third-order valence-corrected chi connectivity index (χ3v) is 6.54. The average molecular weight is 396 g/mol. The first-order valence-corrected chi connectivity index (χ1v) is 10.5. The van der Waals surface area contributed by atoms with Gasteiger partial charge < -0.3 is 10.0 Å². The van der Waals surface area contributed by atoms with E-state index in [1.807, 2.05) is 9.58 Å². The Hall–Kier alpha value is -2.63. The fourth-order valence-corrected chi connectivity index (χ4v) is 4.53. The SMILES string of the molecule is Cc1c(C(=O)O)cnn1C1CCN(C(=O)C2CC2c2ccc(C(C)C)cc2)CC1. The summed E-state index contributed by atoms with van der Waals surface area (Å²) in [5, 5.41) is 13.5. The van der Waals surface area contributed by atoms with Crippen LogP contribution in [0.2, 0.25) is 0 Å². The van der Waals surface area contributed by atoms with Crippen molar-refractivity contribution in [3.05, 3.63) is 52.8 Å². The molecule has 2 heterocycles. The number of carbonyl (C=O) groups is 2. The maximum atomic E-state index is 12.9. The van der Waals surface area contributed by atoms with Crippen molar-refractivity contribution in [3.63, 3.8) is 0 Å². The van der Waals surface area contributed by atoms with Crippen LogP contribution in [0.3, 0.4) is 0 Å². The molecule has 2 unspecified atom stereocenters. The molecule has 1 N–H and O–H groups in total. The van der Waals surface area contributed by atoms with Gasteiger partial charge in [0, 0.05) is 19.0 Å². The zero-order valence-corrected chi connectivity index (χ0v) is 17.3. The molecule has 0 bridgehead atoms. The number of aromatic carboxylic acids is 1. The van der Waals surface area contributed by atoms with E-state index in [9.17, 15) is 14.7 Å². The Morgan fingerprint density at radius 1 is 1.14 bits per heavy atom. The number of hydrogen-bond donors (Lipinski definition) is 1. The number of piperidine rings is 1. The Morgan fingerprint density at radius 2 is 1.79 bits per heavy atom. The molecule has 154 valence electrons. The molecule has 0 spiro atoms. The van der Waals surface area contributed by atoms with Crippen LogP contribution in [0, 0.1) is 12.8 Å². The predicted molar refractivity (Wildman–Crippen MR) is 110 cm³/mol. The molecule has 6 heteroatoms. The highest BCUT2D eigenvalue weighted by Crippen LogP contribution is 2.49. The molecule has 2 atom stereocenters. The van der Waals surface area contributed by atoms with Gasteiger partial charge in [0.15, 0.2) is 0 Å². The molecular formula is C23H29N3O3. The number of carboxylic acid groups (broad SMARTS) is 1. The van der Waals surface area contributed by atoms with Crippen LogP contribution in [0.4, 0.5) is 0 Å². The minimum atomic E-state index is -0.942. The third kappa shape index (κ3) is 3.80. The third-order valence-electron chi connectivity index (χ3n) is 6.54. The number of aromatic nitrogens is 2. The highest BCUT2D eigenvalue weighted by molar-refractivity contribution is 5.88. The first-order valence-electron chi connectivity index (χ1n) is 10.5. The van der Waals surface area contributed by atoms with E-state index >= 15 is 0 Å². The van der Waals surface area contributed by atoms with Crippen molar-refractivity contribution in [2.24, 2.45) is 5.92 Å². The van der Waals surface area contributed by atoms with Gasteiger partial charge in [-0.3, -0.25) is 9.48 Å². The molecule has 1 aromatic carbocycles. The topological polar surface area (TPSA) is 75.4 Å². The van der Waals surface area contributed by atoms with Crippen molar-refractivity contribution in [3.8, 4) is 0 Å². The molecular weight excluding hydrogens is 366 g/mol. The number of rotatable bonds is 5. The highest BCUT2D eigenvalue weighted by Gasteiger charge is 2.46. The van der Waals surface area contributed by atoms with Gasteiger partial charge in [-0.15, -0.1) is 0 Å². The van der Waals surface area contributed by atoms with Crippen LogP contribution >= 0.6 is 0 Å². The van der Waals surface area contributed by atoms with Gasteiger partial charge in [0.1, 0.15) is 5.56 Å². The number of nitrogens with zero attached hydrogens (tertiary/aromatic N) is 3. The summed E-state index contributed by atoms with van der Waals surface area (Å²) in [5.41, 5.74) is 3.55. The van der Waals surface area contributed by atoms with E-state index in [1.54, 1.807) is 6.92 Å². The standard InChI is InChI=1S/C23H29N3O3/c1-14(2)16-4-6-17(7-5-16)19-12-20(19)22(27)25-10-8-18(9-11-25)26-15(3)21(13-24-26)23(28)29/h4-7,13-14,18-20H,8-12H2,1-3H3,(H,28,29). The van der Waals surface area contributed by atoms with Gasteiger partial charge in [-0.25, -0.2) is 4.79 Å². The molecule has 1 saturated heterocycles. The van der Waals surface area contributed by atoms with Crippen molar-refractivity contribution in [2.75, 3.05) is 13.1 Å².